The molecular formula is C15H19N3OS. The molecule has 1 amide bonds. The Balaban J connectivity index is 2.20. The highest BCUT2D eigenvalue weighted by Crippen LogP contribution is 2.30. The van der Waals surface area contributed by atoms with Crippen LogP contribution >= 0.6 is 11.8 Å². The first kappa shape index (κ1) is 14.9. The van der Waals surface area contributed by atoms with Crippen LogP contribution in [0.25, 0.3) is 0 Å². The van der Waals surface area contributed by atoms with E-state index in [0.717, 1.165) is 29.7 Å². The number of aromatic nitrogens is 1. The molecular weight excluding hydrogens is 270 g/mol. The molecule has 0 unspecified atom stereocenters. The minimum absolute atomic E-state index is 0.0269. The smallest absolute Gasteiger partial charge is 0.233 e. The van der Waals surface area contributed by atoms with Crippen LogP contribution in [0, 0.1) is 32.1 Å². The number of amides is 1. The summed E-state index contributed by atoms with van der Waals surface area (Å²) in [6.07, 6.45) is 2.15. The van der Waals surface area contributed by atoms with Crippen LogP contribution in [0.3, 0.4) is 0 Å². The van der Waals surface area contributed by atoms with Crippen molar-refractivity contribution in [1.29, 1.82) is 5.26 Å². The minimum Gasteiger partial charge on any atom is -0.352 e. The molecule has 20 heavy (non-hydrogen) atoms. The first-order valence-corrected chi connectivity index (χ1v) is 7.67. The van der Waals surface area contributed by atoms with E-state index in [1.54, 1.807) is 0 Å². The van der Waals surface area contributed by atoms with Gasteiger partial charge < -0.3 is 5.32 Å². The normalized spacial score (nSPS) is 15.6. The Bertz CT molecular complexity index is 588. The number of carbonyl (C=O) groups is 1. The predicted octanol–water partition coefficient (Wildman–Crippen LogP) is 2.64. The monoisotopic (exact) mass is 289 g/mol. The fourth-order valence-electron chi connectivity index (χ4n) is 1.90. The number of aryl methyl sites for hydroxylation is 1. The van der Waals surface area contributed by atoms with Crippen molar-refractivity contribution < 1.29 is 4.79 Å². The van der Waals surface area contributed by atoms with Crippen molar-refractivity contribution in [3.63, 3.8) is 0 Å². The fraction of sp³-hybridized carbons (Fsp3) is 0.533. The second-order valence-corrected chi connectivity index (χ2v) is 6.61. The third kappa shape index (κ3) is 3.13. The predicted molar refractivity (Wildman–Crippen MR) is 79.6 cm³/mol. The van der Waals surface area contributed by atoms with Gasteiger partial charge in [-0.15, -0.1) is 0 Å². The van der Waals surface area contributed by atoms with E-state index >= 15 is 0 Å². The van der Waals surface area contributed by atoms with Crippen LogP contribution < -0.4 is 5.32 Å². The second-order valence-electron chi connectivity index (χ2n) is 5.28. The molecule has 1 aliphatic rings. The molecule has 1 atom stereocenters. The Morgan fingerprint density at radius 2 is 2.05 bits per heavy atom. The molecule has 1 saturated carbocycles. The van der Waals surface area contributed by atoms with E-state index in [2.05, 4.69) is 16.4 Å². The van der Waals surface area contributed by atoms with Crippen LogP contribution in [0.1, 0.15) is 42.1 Å². The van der Waals surface area contributed by atoms with Crippen LogP contribution in [-0.2, 0) is 4.79 Å². The van der Waals surface area contributed by atoms with Crippen LogP contribution in [0.15, 0.2) is 5.03 Å². The lowest BCUT2D eigenvalue weighted by Crippen LogP contribution is -2.32. The summed E-state index contributed by atoms with van der Waals surface area (Å²) in [6, 6.07) is 2.57. The number of hydrogen-bond acceptors (Lipinski definition) is 4. The van der Waals surface area contributed by atoms with E-state index in [4.69, 9.17) is 0 Å². The van der Waals surface area contributed by atoms with Crippen LogP contribution in [0.4, 0.5) is 0 Å². The van der Waals surface area contributed by atoms with Crippen molar-refractivity contribution in [3.05, 3.63) is 22.4 Å². The topological polar surface area (TPSA) is 65.8 Å². The first-order chi connectivity index (χ1) is 9.43. The van der Waals surface area contributed by atoms with E-state index in [1.807, 2.05) is 27.7 Å². The van der Waals surface area contributed by atoms with Gasteiger partial charge in [-0.1, -0.05) is 11.8 Å². The van der Waals surface area contributed by atoms with Gasteiger partial charge in [-0.3, -0.25) is 4.79 Å². The first-order valence-electron chi connectivity index (χ1n) is 6.79. The molecule has 5 heteroatoms. The van der Waals surface area contributed by atoms with Gasteiger partial charge in [-0.25, -0.2) is 4.98 Å². The molecule has 1 aliphatic carbocycles. The maximum Gasteiger partial charge on any atom is 0.233 e. The van der Waals surface area contributed by atoms with Gasteiger partial charge in [0.25, 0.3) is 0 Å². The highest BCUT2D eigenvalue weighted by atomic mass is 32.2. The molecule has 1 aromatic rings. The summed E-state index contributed by atoms with van der Waals surface area (Å²) in [5.74, 6) is 0.0269. The number of thioether (sulfide) groups is 1. The average molecular weight is 289 g/mol. The number of nitrogens with one attached hydrogen (secondary N) is 1. The summed E-state index contributed by atoms with van der Waals surface area (Å²) >= 11 is 1.36. The maximum absolute atomic E-state index is 12.0. The molecule has 2 rings (SSSR count). The van der Waals surface area contributed by atoms with Crippen molar-refractivity contribution in [2.24, 2.45) is 0 Å². The van der Waals surface area contributed by atoms with E-state index in [-0.39, 0.29) is 11.2 Å². The highest BCUT2D eigenvalue weighted by Gasteiger charge is 2.27. The van der Waals surface area contributed by atoms with Gasteiger partial charge in [0, 0.05) is 11.7 Å². The Morgan fingerprint density at radius 1 is 1.40 bits per heavy atom. The zero-order chi connectivity index (χ0) is 14.9. The standard InChI is InChI=1S/C15H19N3OS/c1-8-9(2)13(7-16)15(17-10(8)3)20-11(4)14(19)18-12-5-6-12/h11-12H,5-6H2,1-4H3,(H,18,19)/t11-/m1/s1. The SMILES string of the molecule is Cc1nc(S[C@H](C)C(=O)NC2CC2)c(C#N)c(C)c1C. The molecule has 0 spiro atoms. The second kappa shape index (κ2) is 5.84. The van der Waals surface area contributed by atoms with Gasteiger partial charge in [-0.2, -0.15) is 5.26 Å². The molecule has 1 fully saturated rings. The Kier molecular flexibility index (Phi) is 4.34. The average Bonchev–Trinajstić information content (AvgIpc) is 3.20. The molecule has 0 radical (unpaired) electrons. The van der Waals surface area contributed by atoms with Gasteiger partial charge in [0.2, 0.25) is 5.91 Å². The number of nitriles is 1. The summed E-state index contributed by atoms with van der Waals surface area (Å²) in [7, 11) is 0. The van der Waals surface area contributed by atoms with Crippen molar-refractivity contribution in [2.75, 3.05) is 0 Å². The Hall–Kier alpha value is -1.54. The fourth-order valence-corrected chi connectivity index (χ4v) is 2.91. The molecule has 0 aliphatic heterocycles. The van der Waals surface area contributed by atoms with Gasteiger partial charge in [0.15, 0.2) is 0 Å². The lowest BCUT2D eigenvalue weighted by Gasteiger charge is -2.15. The summed E-state index contributed by atoms with van der Waals surface area (Å²) in [5.41, 5.74) is 3.50. The Labute approximate surface area is 124 Å². The van der Waals surface area contributed by atoms with Gasteiger partial charge in [0.1, 0.15) is 11.1 Å². The van der Waals surface area contributed by atoms with Crippen molar-refractivity contribution in [2.45, 2.75) is 56.9 Å². The van der Waals surface area contributed by atoms with Crippen LogP contribution in [-0.4, -0.2) is 22.2 Å². The summed E-state index contributed by atoms with van der Waals surface area (Å²) in [6.45, 7) is 7.69. The third-order valence-corrected chi connectivity index (χ3v) is 4.74. The quantitative estimate of drug-likeness (QED) is 0.865. The van der Waals surface area contributed by atoms with Gasteiger partial charge in [-0.05, 0) is 51.7 Å². The van der Waals surface area contributed by atoms with E-state index in [1.165, 1.54) is 11.8 Å². The minimum atomic E-state index is -0.239. The van der Waals surface area contributed by atoms with E-state index in [9.17, 15) is 10.1 Å². The highest BCUT2D eigenvalue weighted by molar-refractivity contribution is 8.00. The van der Waals surface area contributed by atoms with Crippen molar-refractivity contribution in [3.8, 4) is 6.07 Å². The molecule has 0 saturated heterocycles. The van der Waals surface area contributed by atoms with E-state index < -0.39 is 0 Å². The number of nitrogens with zero attached hydrogens (tertiary/aromatic N) is 2. The summed E-state index contributed by atoms with van der Waals surface area (Å²) in [5, 5.41) is 12.7. The van der Waals surface area contributed by atoms with Gasteiger partial charge in [0.05, 0.1) is 10.8 Å². The van der Waals surface area contributed by atoms with Crippen LogP contribution in [0.5, 0.6) is 0 Å². The molecule has 1 heterocycles. The zero-order valence-corrected chi connectivity index (χ0v) is 13.1. The lowest BCUT2D eigenvalue weighted by molar-refractivity contribution is -0.120. The molecule has 1 aromatic heterocycles. The maximum atomic E-state index is 12.0. The molecule has 1 N–H and O–H groups in total. The van der Waals surface area contributed by atoms with Gasteiger partial charge >= 0.3 is 0 Å². The van der Waals surface area contributed by atoms with Crippen LogP contribution in [0.2, 0.25) is 0 Å². The Morgan fingerprint density at radius 3 is 2.60 bits per heavy atom. The summed E-state index contributed by atoms with van der Waals surface area (Å²) < 4.78 is 0. The largest absolute Gasteiger partial charge is 0.352 e. The summed E-state index contributed by atoms with van der Waals surface area (Å²) in [4.78, 5) is 16.5. The molecule has 106 valence electrons. The lowest BCUT2D eigenvalue weighted by atomic mass is 10.1. The number of carbonyl (C=O) groups excluding carboxylic acids is 1. The van der Waals surface area contributed by atoms with Crippen molar-refractivity contribution >= 4 is 17.7 Å². The molecule has 0 bridgehead atoms. The number of hydrogen-bond donors (Lipinski definition) is 1. The number of rotatable bonds is 4. The molecule has 4 nitrogen and oxygen atoms in total. The third-order valence-electron chi connectivity index (χ3n) is 3.66. The van der Waals surface area contributed by atoms with E-state index in [0.29, 0.717) is 16.6 Å². The molecule has 0 aromatic carbocycles. The van der Waals surface area contributed by atoms with Crippen molar-refractivity contribution in [1.82, 2.24) is 10.3 Å². The number of pyridine rings is 1. The zero-order valence-electron chi connectivity index (χ0n) is 12.3.